The summed E-state index contributed by atoms with van der Waals surface area (Å²) < 4.78 is 7.92. The second-order valence-corrected chi connectivity index (χ2v) is 9.70. The van der Waals surface area contributed by atoms with E-state index in [9.17, 15) is 14.7 Å². The summed E-state index contributed by atoms with van der Waals surface area (Å²) in [4.78, 5) is 27.6. The van der Waals surface area contributed by atoms with Crippen molar-refractivity contribution in [3.63, 3.8) is 0 Å². The summed E-state index contributed by atoms with van der Waals surface area (Å²) >= 11 is 6.26. The highest BCUT2D eigenvalue weighted by Gasteiger charge is 2.36. The van der Waals surface area contributed by atoms with Crippen molar-refractivity contribution in [2.75, 3.05) is 13.1 Å². The number of carbonyl (C=O) groups is 1. The van der Waals surface area contributed by atoms with Gasteiger partial charge in [-0.1, -0.05) is 35.9 Å². The molecule has 0 aliphatic carbocycles. The van der Waals surface area contributed by atoms with Crippen LogP contribution in [0.25, 0.3) is 6.08 Å². The van der Waals surface area contributed by atoms with Crippen molar-refractivity contribution in [1.29, 1.82) is 0 Å². The zero-order valence-electron chi connectivity index (χ0n) is 18.4. The number of nitrogens with zero attached hydrogens (tertiary/aromatic N) is 2. The first-order valence-corrected chi connectivity index (χ1v) is 11.8. The second-order valence-electron chi connectivity index (χ2n) is 9.29. The third kappa shape index (κ3) is 3.54. The zero-order chi connectivity index (χ0) is 23.4. The van der Waals surface area contributed by atoms with Crippen molar-refractivity contribution in [2.45, 2.75) is 25.4 Å². The first-order chi connectivity index (χ1) is 16.5. The molecule has 172 valence electrons. The Morgan fingerprint density at radius 3 is 2.74 bits per heavy atom. The molecule has 2 bridgehead atoms. The molecule has 0 unspecified atom stereocenters. The van der Waals surface area contributed by atoms with Crippen LogP contribution in [0.2, 0.25) is 5.02 Å². The third-order valence-corrected chi connectivity index (χ3v) is 7.39. The molecule has 6 nitrogen and oxygen atoms in total. The number of aromatic nitrogens is 1. The summed E-state index contributed by atoms with van der Waals surface area (Å²) in [6, 6.07) is 15.9. The van der Waals surface area contributed by atoms with Gasteiger partial charge >= 0.3 is 0 Å². The fraction of sp³-hybridized carbons (Fsp3) is 0.259. The van der Waals surface area contributed by atoms with Crippen molar-refractivity contribution < 1.29 is 14.6 Å². The van der Waals surface area contributed by atoms with Crippen LogP contribution in [0.3, 0.4) is 0 Å². The standard InChI is InChI=1S/C27H23ClN2O4/c28-21-5-2-1-4-17(21)11-24-26(33)19-8-9-23(31)20(27(19)34-24)15-29-12-16-10-18(14-29)22-6-3-7-25(32)30(22)13-16/h1-9,11,16,18,31H,10,12-15H2/b24-11-/t16-,18+/m0/s1. The van der Waals surface area contributed by atoms with Crippen molar-refractivity contribution in [3.05, 3.63) is 98.1 Å². The molecule has 1 saturated heterocycles. The maximum absolute atomic E-state index is 13.0. The number of rotatable bonds is 3. The number of allylic oxidation sites excluding steroid dienone is 1. The van der Waals surface area contributed by atoms with Gasteiger partial charge in [-0.05, 0) is 48.2 Å². The maximum Gasteiger partial charge on any atom is 0.250 e. The van der Waals surface area contributed by atoms with Crippen LogP contribution in [-0.2, 0) is 13.1 Å². The van der Waals surface area contributed by atoms with Gasteiger partial charge in [0, 0.05) is 48.9 Å². The molecule has 3 aliphatic heterocycles. The van der Waals surface area contributed by atoms with Crippen LogP contribution in [0, 0.1) is 5.92 Å². The molecule has 2 aromatic carbocycles. The Hall–Kier alpha value is -3.35. The highest BCUT2D eigenvalue weighted by molar-refractivity contribution is 6.32. The summed E-state index contributed by atoms with van der Waals surface area (Å²) in [6.07, 6.45) is 2.70. The number of likely N-dealkylation sites (tertiary alicyclic amines) is 1. The number of piperidine rings is 1. The van der Waals surface area contributed by atoms with Crippen LogP contribution in [0.5, 0.6) is 11.5 Å². The van der Waals surface area contributed by atoms with Crippen LogP contribution >= 0.6 is 11.6 Å². The molecular formula is C27H23ClN2O4. The molecule has 6 rings (SSSR count). The first-order valence-electron chi connectivity index (χ1n) is 11.4. The number of phenolic OH excluding ortho intramolecular Hbond substituents is 1. The van der Waals surface area contributed by atoms with Crippen LogP contribution in [0.4, 0.5) is 0 Å². The smallest absolute Gasteiger partial charge is 0.250 e. The number of phenols is 1. The van der Waals surface area contributed by atoms with Crippen LogP contribution in [-0.4, -0.2) is 33.4 Å². The number of pyridine rings is 1. The molecule has 0 spiro atoms. The monoisotopic (exact) mass is 474 g/mol. The second kappa shape index (κ2) is 8.15. The minimum absolute atomic E-state index is 0.0592. The minimum Gasteiger partial charge on any atom is -0.507 e. The number of ketones is 1. The van der Waals surface area contributed by atoms with E-state index in [-0.39, 0.29) is 28.8 Å². The summed E-state index contributed by atoms with van der Waals surface area (Å²) in [5, 5.41) is 11.2. The minimum atomic E-state index is -0.222. The van der Waals surface area contributed by atoms with E-state index >= 15 is 0 Å². The van der Waals surface area contributed by atoms with Gasteiger partial charge in [0.1, 0.15) is 11.5 Å². The molecule has 1 aromatic heterocycles. The van der Waals surface area contributed by atoms with Gasteiger partial charge in [0.2, 0.25) is 5.78 Å². The average molecular weight is 475 g/mol. The van der Waals surface area contributed by atoms with E-state index in [1.165, 1.54) is 0 Å². The number of fused-ring (bicyclic) bond motifs is 5. The zero-order valence-corrected chi connectivity index (χ0v) is 19.2. The summed E-state index contributed by atoms with van der Waals surface area (Å²) in [7, 11) is 0. The lowest BCUT2D eigenvalue weighted by molar-refractivity contribution is 0.101. The first kappa shape index (κ1) is 21.2. The summed E-state index contributed by atoms with van der Waals surface area (Å²) in [5.74, 6) is 1.12. The van der Waals surface area contributed by atoms with Crippen LogP contribution in [0.15, 0.2) is 65.2 Å². The largest absolute Gasteiger partial charge is 0.507 e. The molecule has 1 N–H and O–H groups in total. The molecule has 0 radical (unpaired) electrons. The number of hydrogen-bond acceptors (Lipinski definition) is 5. The molecule has 1 fully saturated rings. The third-order valence-electron chi connectivity index (χ3n) is 7.05. The lowest BCUT2D eigenvalue weighted by Gasteiger charge is -2.42. The average Bonchev–Trinajstić information content (AvgIpc) is 3.13. The van der Waals surface area contributed by atoms with E-state index in [2.05, 4.69) is 4.90 Å². The number of halogens is 1. The van der Waals surface area contributed by atoms with Gasteiger partial charge < -0.3 is 14.4 Å². The fourth-order valence-corrected chi connectivity index (χ4v) is 5.72. The quantitative estimate of drug-likeness (QED) is 0.568. The van der Waals surface area contributed by atoms with Crippen molar-refractivity contribution in [3.8, 4) is 11.5 Å². The normalized spacial score (nSPS) is 22.4. The Morgan fingerprint density at radius 2 is 1.88 bits per heavy atom. The Kier molecular flexibility index (Phi) is 5.08. The van der Waals surface area contributed by atoms with E-state index in [0.29, 0.717) is 46.5 Å². The Bertz CT molecular complexity index is 1410. The molecule has 0 saturated carbocycles. The van der Waals surface area contributed by atoms with E-state index in [0.717, 1.165) is 25.2 Å². The predicted molar refractivity (Wildman–Crippen MR) is 129 cm³/mol. The Morgan fingerprint density at radius 1 is 1.03 bits per heavy atom. The van der Waals surface area contributed by atoms with Gasteiger partial charge in [-0.15, -0.1) is 0 Å². The number of carbonyl (C=O) groups excluding carboxylic acids is 1. The van der Waals surface area contributed by atoms with E-state index in [1.54, 1.807) is 30.3 Å². The molecule has 7 heteroatoms. The van der Waals surface area contributed by atoms with Crippen molar-refractivity contribution in [1.82, 2.24) is 9.47 Å². The van der Waals surface area contributed by atoms with Gasteiger partial charge in [-0.2, -0.15) is 0 Å². The molecule has 2 atom stereocenters. The fourth-order valence-electron chi connectivity index (χ4n) is 5.53. The van der Waals surface area contributed by atoms with Gasteiger partial charge in [0.15, 0.2) is 5.76 Å². The lowest BCUT2D eigenvalue weighted by atomic mass is 9.83. The topological polar surface area (TPSA) is 71.8 Å². The number of hydrogen-bond donors (Lipinski definition) is 1. The lowest BCUT2D eigenvalue weighted by Crippen LogP contribution is -2.46. The number of ether oxygens (including phenoxy) is 1. The number of aromatic hydroxyl groups is 1. The van der Waals surface area contributed by atoms with Gasteiger partial charge in [0.05, 0.1) is 11.1 Å². The van der Waals surface area contributed by atoms with E-state index in [1.807, 2.05) is 34.9 Å². The summed E-state index contributed by atoms with van der Waals surface area (Å²) in [6.45, 7) is 2.77. The van der Waals surface area contributed by atoms with Crippen LogP contribution in [0.1, 0.15) is 39.5 Å². The molecule has 3 aliphatic rings. The molecular weight excluding hydrogens is 452 g/mol. The molecule has 34 heavy (non-hydrogen) atoms. The highest BCUT2D eigenvalue weighted by Crippen LogP contribution is 2.42. The predicted octanol–water partition coefficient (Wildman–Crippen LogP) is 4.44. The number of benzene rings is 2. The summed E-state index contributed by atoms with van der Waals surface area (Å²) in [5.41, 5.74) is 2.89. The van der Waals surface area contributed by atoms with Crippen molar-refractivity contribution in [2.24, 2.45) is 5.92 Å². The number of Topliss-reactive ketones (excluding diaryl/α,β-unsaturated/α-hetero) is 1. The SMILES string of the molecule is O=C1/C(=C/c2ccccc2Cl)Oc2c1ccc(O)c2CN1C[C@@H]2C[C@H](C1)c1cccc(=O)n1C2. The molecule has 3 aromatic rings. The highest BCUT2D eigenvalue weighted by atomic mass is 35.5. The van der Waals surface area contributed by atoms with E-state index in [4.69, 9.17) is 16.3 Å². The molecule has 0 amide bonds. The van der Waals surface area contributed by atoms with Crippen LogP contribution < -0.4 is 10.3 Å². The maximum atomic E-state index is 13.0. The van der Waals surface area contributed by atoms with Gasteiger partial charge in [-0.25, -0.2) is 0 Å². The van der Waals surface area contributed by atoms with Gasteiger partial charge in [0.25, 0.3) is 5.56 Å². The van der Waals surface area contributed by atoms with Gasteiger partial charge in [-0.3, -0.25) is 14.5 Å². The van der Waals surface area contributed by atoms with Crippen molar-refractivity contribution >= 4 is 23.5 Å². The Labute approximate surface area is 201 Å². The molecule has 4 heterocycles. The van der Waals surface area contributed by atoms with E-state index < -0.39 is 0 Å². The Balaban J connectivity index is 1.29.